The number of likely N-dealkylation sites (tertiary alicyclic amines) is 1. The minimum atomic E-state index is -0.159. The highest BCUT2D eigenvalue weighted by Crippen LogP contribution is 2.42. The van der Waals surface area contributed by atoms with Crippen molar-refractivity contribution in [3.05, 3.63) is 101 Å². The largest absolute Gasteiger partial charge is 0.426 e. The maximum atomic E-state index is 12.8. The van der Waals surface area contributed by atoms with Crippen LogP contribution in [-0.2, 0) is 10.2 Å². The third-order valence-corrected chi connectivity index (χ3v) is 8.85. The summed E-state index contributed by atoms with van der Waals surface area (Å²) >= 11 is 0. The Balaban J connectivity index is 1.71. The van der Waals surface area contributed by atoms with Crippen molar-refractivity contribution in [1.29, 1.82) is 0 Å². The highest BCUT2D eigenvalue weighted by Gasteiger charge is 2.31. The lowest BCUT2D eigenvalue weighted by Gasteiger charge is -2.37. The molecule has 0 bridgehead atoms. The van der Waals surface area contributed by atoms with Crippen LogP contribution in [-0.4, -0.2) is 35.7 Å². The Hall–Kier alpha value is -2.95. The van der Waals surface area contributed by atoms with Crippen LogP contribution in [0.3, 0.4) is 0 Å². The topological polar surface area (TPSA) is 49.8 Å². The number of benzene rings is 3. The van der Waals surface area contributed by atoms with Crippen LogP contribution < -0.4 is 4.74 Å². The molecule has 2 unspecified atom stereocenters. The number of hydrogen-bond acceptors (Lipinski definition) is 4. The Labute approximate surface area is 254 Å². The second-order valence-electron chi connectivity index (χ2n) is 13.0. The summed E-state index contributed by atoms with van der Waals surface area (Å²) in [7, 11) is 0. The highest BCUT2D eigenvalue weighted by molar-refractivity contribution is 5.73. The van der Waals surface area contributed by atoms with Crippen molar-refractivity contribution in [3.63, 3.8) is 0 Å². The van der Waals surface area contributed by atoms with Gasteiger partial charge in [0, 0.05) is 30.6 Å². The summed E-state index contributed by atoms with van der Waals surface area (Å²) in [5, 5.41) is 10.2. The lowest BCUT2D eigenvalue weighted by atomic mass is 9.76. The van der Waals surface area contributed by atoms with Crippen LogP contribution in [0.1, 0.15) is 113 Å². The molecule has 1 N–H and O–H groups in total. The van der Waals surface area contributed by atoms with E-state index in [0.717, 1.165) is 50.1 Å². The number of aliphatic hydroxyl groups excluding tert-OH is 1. The molecule has 0 aromatic heterocycles. The number of ether oxygens (including phenoxy) is 1. The number of esters is 1. The van der Waals surface area contributed by atoms with Crippen LogP contribution in [0.5, 0.6) is 5.75 Å². The first-order chi connectivity index (χ1) is 20.3. The van der Waals surface area contributed by atoms with Gasteiger partial charge in [-0.15, -0.1) is 0 Å². The number of piperidine rings is 1. The first kappa shape index (κ1) is 32.0. The second kappa shape index (κ2) is 15.5. The minimum Gasteiger partial charge on any atom is -0.426 e. The molecule has 0 amide bonds. The van der Waals surface area contributed by atoms with Crippen LogP contribution >= 0.6 is 0 Å². The van der Waals surface area contributed by atoms with Gasteiger partial charge in [-0.1, -0.05) is 107 Å². The lowest BCUT2D eigenvalue weighted by Crippen LogP contribution is -2.34. The zero-order valence-corrected chi connectivity index (χ0v) is 26.2. The second-order valence-corrected chi connectivity index (χ2v) is 13.0. The first-order valence-corrected chi connectivity index (χ1v) is 16.1. The lowest BCUT2D eigenvalue weighted by molar-refractivity contribution is -0.134. The van der Waals surface area contributed by atoms with Crippen LogP contribution in [0.2, 0.25) is 0 Å². The molecule has 3 aromatic rings. The van der Waals surface area contributed by atoms with Gasteiger partial charge in [0.25, 0.3) is 0 Å². The van der Waals surface area contributed by atoms with Crippen LogP contribution in [0.4, 0.5) is 0 Å². The highest BCUT2D eigenvalue weighted by atomic mass is 16.5. The van der Waals surface area contributed by atoms with E-state index >= 15 is 0 Å². The molecule has 226 valence electrons. The zero-order chi connectivity index (χ0) is 30.0. The molecule has 1 aliphatic rings. The summed E-state index contributed by atoms with van der Waals surface area (Å²) in [5.41, 5.74) is 4.83. The van der Waals surface area contributed by atoms with Gasteiger partial charge in [0.05, 0.1) is 0 Å². The summed E-state index contributed by atoms with van der Waals surface area (Å²) in [6, 6.07) is 28.2. The predicted octanol–water partition coefficient (Wildman–Crippen LogP) is 8.83. The third-order valence-electron chi connectivity index (χ3n) is 8.85. The standard InChI is InChI=1S/C38H51NO3/c1-5-15-36(41)42-35-28-32(38(2,3)4)21-22-33(35)34(39-25-13-8-14-26-39)23-20-31(24-27-40)37(29-16-9-6-10-17-29)30-18-11-7-12-19-30/h6-7,9-12,16-19,21-22,28,31,34,37,40H,5,8,13-15,20,23-27H2,1-4H3. The fourth-order valence-electron chi connectivity index (χ4n) is 6.58. The van der Waals surface area contributed by atoms with Gasteiger partial charge in [-0.3, -0.25) is 9.69 Å². The molecule has 0 aliphatic carbocycles. The first-order valence-electron chi connectivity index (χ1n) is 16.1. The van der Waals surface area contributed by atoms with Crippen molar-refractivity contribution in [1.82, 2.24) is 4.90 Å². The van der Waals surface area contributed by atoms with E-state index in [1.54, 1.807) is 0 Å². The normalized spacial score (nSPS) is 15.9. The molecule has 0 spiro atoms. The van der Waals surface area contributed by atoms with Crippen molar-refractivity contribution < 1.29 is 14.6 Å². The van der Waals surface area contributed by atoms with Crippen molar-refractivity contribution in [3.8, 4) is 5.75 Å². The molecular formula is C38H51NO3. The maximum absolute atomic E-state index is 12.8. The Morgan fingerprint density at radius 3 is 2.02 bits per heavy atom. The van der Waals surface area contributed by atoms with Gasteiger partial charge in [-0.05, 0) is 85.7 Å². The zero-order valence-electron chi connectivity index (χ0n) is 26.2. The summed E-state index contributed by atoms with van der Waals surface area (Å²) < 4.78 is 6.13. The molecule has 0 radical (unpaired) electrons. The van der Waals surface area contributed by atoms with E-state index in [0.29, 0.717) is 6.42 Å². The van der Waals surface area contributed by atoms with Gasteiger partial charge < -0.3 is 9.84 Å². The predicted molar refractivity (Wildman–Crippen MR) is 173 cm³/mol. The van der Waals surface area contributed by atoms with Gasteiger partial charge in [0.2, 0.25) is 0 Å². The Bertz CT molecular complexity index is 1190. The quantitative estimate of drug-likeness (QED) is 0.165. The van der Waals surface area contributed by atoms with E-state index in [1.165, 1.54) is 36.0 Å². The number of nitrogens with zero attached hydrogens (tertiary/aromatic N) is 1. The van der Waals surface area contributed by atoms with Gasteiger partial charge in [0.15, 0.2) is 0 Å². The van der Waals surface area contributed by atoms with E-state index < -0.39 is 0 Å². The fourth-order valence-corrected chi connectivity index (χ4v) is 6.58. The Kier molecular flexibility index (Phi) is 11.8. The van der Waals surface area contributed by atoms with Crippen LogP contribution in [0.25, 0.3) is 0 Å². The molecular weight excluding hydrogens is 518 g/mol. The molecule has 4 nitrogen and oxygen atoms in total. The van der Waals surface area contributed by atoms with Gasteiger partial charge in [-0.25, -0.2) is 0 Å². The molecule has 2 atom stereocenters. The van der Waals surface area contributed by atoms with Crippen LogP contribution in [0.15, 0.2) is 78.9 Å². The smallest absolute Gasteiger partial charge is 0.311 e. The molecule has 42 heavy (non-hydrogen) atoms. The summed E-state index contributed by atoms with van der Waals surface area (Å²) in [6.45, 7) is 10.9. The molecule has 1 fully saturated rings. The van der Waals surface area contributed by atoms with E-state index in [-0.39, 0.29) is 35.9 Å². The number of rotatable bonds is 13. The monoisotopic (exact) mass is 569 g/mol. The van der Waals surface area contributed by atoms with Gasteiger partial charge in [-0.2, -0.15) is 0 Å². The summed E-state index contributed by atoms with van der Waals surface area (Å²) in [4.78, 5) is 15.4. The van der Waals surface area contributed by atoms with Gasteiger partial charge >= 0.3 is 5.97 Å². The number of carbonyl (C=O) groups excluding carboxylic acids is 1. The van der Waals surface area contributed by atoms with Crippen LogP contribution in [0, 0.1) is 5.92 Å². The molecule has 4 heteroatoms. The molecule has 0 saturated carbocycles. The average molecular weight is 570 g/mol. The summed E-state index contributed by atoms with van der Waals surface area (Å²) in [5.74, 6) is 1.03. The van der Waals surface area contributed by atoms with E-state index in [4.69, 9.17) is 4.74 Å². The number of hydrogen-bond donors (Lipinski definition) is 1. The Morgan fingerprint density at radius 2 is 1.48 bits per heavy atom. The number of aliphatic hydroxyl groups is 1. The van der Waals surface area contributed by atoms with Crippen molar-refractivity contribution in [2.75, 3.05) is 19.7 Å². The molecule has 1 aliphatic heterocycles. The maximum Gasteiger partial charge on any atom is 0.311 e. The number of carbonyl (C=O) groups is 1. The van der Waals surface area contributed by atoms with E-state index in [1.807, 2.05) is 6.92 Å². The fraction of sp³-hybridized carbons (Fsp3) is 0.500. The van der Waals surface area contributed by atoms with Crippen molar-refractivity contribution in [2.45, 2.75) is 96.4 Å². The van der Waals surface area contributed by atoms with Gasteiger partial charge in [0.1, 0.15) is 5.75 Å². The molecule has 1 heterocycles. The molecule has 4 rings (SSSR count). The van der Waals surface area contributed by atoms with E-state index in [2.05, 4.69) is 105 Å². The average Bonchev–Trinajstić information content (AvgIpc) is 2.99. The third kappa shape index (κ3) is 8.55. The minimum absolute atomic E-state index is 0.0458. The SMILES string of the molecule is CCCC(=O)Oc1cc(C(C)(C)C)ccc1C(CCC(CCO)C(c1ccccc1)c1ccccc1)N1CCCCC1. The van der Waals surface area contributed by atoms with Crippen molar-refractivity contribution >= 4 is 5.97 Å². The van der Waals surface area contributed by atoms with E-state index in [9.17, 15) is 9.90 Å². The molecule has 1 saturated heterocycles. The summed E-state index contributed by atoms with van der Waals surface area (Å²) in [6.07, 6.45) is 7.47. The van der Waals surface area contributed by atoms with Crippen molar-refractivity contribution in [2.24, 2.45) is 5.92 Å². The molecule has 3 aromatic carbocycles. The Morgan fingerprint density at radius 1 is 0.857 bits per heavy atom.